The van der Waals surface area contributed by atoms with Crippen LogP contribution in [-0.4, -0.2) is 65.3 Å². The Morgan fingerprint density at radius 2 is 1.86 bits per heavy atom. The highest BCUT2D eigenvalue weighted by atomic mass is 16.6. The third-order valence-electron chi connectivity index (χ3n) is 3.58. The van der Waals surface area contributed by atoms with Crippen LogP contribution in [0.3, 0.4) is 0 Å². The predicted molar refractivity (Wildman–Crippen MR) is 80.3 cm³/mol. The average molecular weight is 300 g/mol. The van der Waals surface area contributed by atoms with Gasteiger partial charge in [0.1, 0.15) is 5.60 Å². The van der Waals surface area contributed by atoms with Gasteiger partial charge in [-0.3, -0.25) is 9.69 Å². The summed E-state index contributed by atoms with van der Waals surface area (Å²) in [7, 11) is 0. The smallest absolute Gasteiger partial charge is 0.410 e. The fourth-order valence-electron chi connectivity index (χ4n) is 2.49. The van der Waals surface area contributed by atoms with E-state index in [-0.39, 0.29) is 12.6 Å². The maximum absolute atomic E-state index is 12.1. The van der Waals surface area contributed by atoms with Gasteiger partial charge in [-0.05, 0) is 59.5 Å². The summed E-state index contributed by atoms with van der Waals surface area (Å²) in [6.45, 7) is 10.5. The number of rotatable bonds is 5. The first-order valence-electron chi connectivity index (χ1n) is 7.63. The summed E-state index contributed by atoms with van der Waals surface area (Å²) in [5, 5.41) is 8.78. The van der Waals surface area contributed by atoms with E-state index >= 15 is 0 Å². The van der Waals surface area contributed by atoms with E-state index < -0.39 is 11.6 Å². The van der Waals surface area contributed by atoms with Crippen LogP contribution in [-0.2, 0) is 9.53 Å². The van der Waals surface area contributed by atoms with Crippen LogP contribution in [0.2, 0.25) is 0 Å². The van der Waals surface area contributed by atoms with Crippen LogP contribution < -0.4 is 0 Å². The molecule has 0 aromatic rings. The normalized spacial score (nSPS) is 17.5. The first kappa shape index (κ1) is 17.8. The van der Waals surface area contributed by atoms with Crippen molar-refractivity contribution < 1.29 is 19.4 Å². The molecule has 0 aromatic carbocycles. The number of ether oxygens (including phenoxy) is 1. The molecule has 21 heavy (non-hydrogen) atoms. The second-order valence-corrected chi connectivity index (χ2v) is 6.63. The molecule has 1 aliphatic heterocycles. The molecular weight excluding hydrogens is 272 g/mol. The SMILES string of the molecule is CCN(CC1CCN(CC(=O)O)CC1)C(=O)OC(C)(C)C. The molecule has 0 unspecified atom stereocenters. The summed E-state index contributed by atoms with van der Waals surface area (Å²) in [6.07, 6.45) is 1.58. The van der Waals surface area contributed by atoms with E-state index in [9.17, 15) is 9.59 Å². The van der Waals surface area contributed by atoms with E-state index in [4.69, 9.17) is 9.84 Å². The van der Waals surface area contributed by atoms with Crippen LogP contribution in [0.5, 0.6) is 0 Å². The number of piperidine rings is 1. The Bertz CT molecular complexity index is 357. The Kier molecular flexibility index (Phi) is 6.45. The second kappa shape index (κ2) is 7.64. The van der Waals surface area contributed by atoms with Gasteiger partial charge in [-0.2, -0.15) is 0 Å². The van der Waals surface area contributed by atoms with Gasteiger partial charge in [0.2, 0.25) is 0 Å². The third kappa shape index (κ3) is 6.80. The minimum Gasteiger partial charge on any atom is -0.480 e. The van der Waals surface area contributed by atoms with Crippen LogP contribution in [0.4, 0.5) is 4.79 Å². The number of hydrogen-bond donors (Lipinski definition) is 1. The molecule has 0 radical (unpaired) electrons. The number of carbonyl (C=O) groups is 2. The summed E-state index contributed by atoms with van der Waals surface area (Å²) in [4.78, 5) is 26.5. The fourth-order valence-corrected chi connectivity index (χ4v) is 2.49. The maximum atomic E-state index is 12.1. The van der Waals surface area contributed by atoms with Crippen molar-refractivity contribution in [2.45, 2.75) is 46.1 Å². The highest BCUT2D eigenvalue weighted by Gasteiger charge is 2.26. The molecule has 1 amide bonds. The highest BCUT2D eigenvalue weighted by Crippen LogP contribution is 2.19. The standard InChI is InChI=1S/C15H28N2O4/c1-5-17(14(20)21-15(2,3)4)10-12-6-8-16(9-7-12)11-13(18)19/h12H,5-11H2,1-4H3,(H,18,19). The number of nitrogens with zero attached hydrogens (tertiary/aromatic N) is 2. The van der Waals surface area contributed by atoms with Gasteiger partial charge in [-0.15, -0.1) is 0 Å². The number of aliphatic carboxylic acids is 1. The highest BCUT2D eigenvalue weighted by molar-refractivity contribution is 5.69. The van der Waals surface area contributed by atoms with Gasteiger partial charge < -0.3 is 14.7 Å². The van der Waals surface area contributed by atoms with E-state index in [1.165, 1.54) is 0 Å². The van der Waals surface area contributed by atoms with Gasteiger partial charge in [0.25, 0.3) is 0 Å². The molecule has 6 heteroatoms. The predicted octanol–water partition coefficient (Wildman–Crippen LogP) is 2.04. The maximum Gasteiger partial charge on any atom is 0.410 e. The van der Waals surface area contributed by atoms with Crippen molar-refractivity contribution in [1.82, 2.24) is 9.80 Å². The molecule has 1 N–H and O–H groups in total. The summed E-state index contributed by atoms with van der Waals surface area (Å²) in [6, 6.07) is 0. The van der Waals surface area contributed by atoms with Crippen LogP contribution in [0.1, 0.15) is 40.5 Å². The molecule has 0 saturated carbocycles. The number of amides is 1. The molecule has 1 fully saturated rings. The monoisotopic (exact) mass is 300 g/mol. The van der Waals surface area contributed by atoms with Crippen molar-refractivity contribution in [2.75, 3.05) is 32.7 Å². The Hall–Kier alpha value is -1.30. The lowest BCUT2D eigenvalue weighted by Crippen LogP contribution is -2.43. The Balaban J connectivity index is 2.41. The number of carboxylic acid groups (broad SMARTS) is 1. The molecule has 0 aromatic heterocycles. The van der Waals surface area contributed by atoms with Gasteiger partial charge in [0, 0.05) is 13.1 Å². The summed E-state index contributed by atoms with van der Waals surface area (Å²) < 4.78 is 5.40. The molecule has 0 atom stereocenters. The molecule has 1 heterocycles. The molecule has 1 aliphatic rings. The Labute approximate surface area is 127 Å². The van der Waals surface area contributed by atoms with Gasteiger partial charge >= 0.3 is 12.1 Å². The molecule has 6 nitrogen and oxygen atoms in total. The molecule has 122 valence electrons. The lowest BCUT2D eigenvalue weighted by molar-refractivity contribution is -0.138. The number of hydrogen-bond acceptors (Lipinski definition) is 4. The minimum atomic E-state index is -0.780. The zero-order valence-corrected chi connectivity index (χ0v) is 13.6. The van der Waals surface area contributed by atoms with Crippen molar-refractivity contribution in [3.05, 3.63) is 0 Å². The van der Waals surface area contributed by atoms with Crippen molar-refractivity contribution in [2.24, 2.45) is 5.92 Å². The zero-order valence-electron chi connectivity index (χ0n) is 13.6. The van der Waals surface area contributed by atoms with E-state index in [0.717, 1.165) is 25.9 Å². The molecule has 0 bridgehead atoms. The van der Waals surface area contributed by atoms with Gasteiger partial charge in [-0.25, -0.2) is 4.79 Å². The van der Waals surface area contributed by atoms with Crippen LogP contribution in [0.15, 0.2) is 0 Å². The number of likely N-dealkylation sites (tertiary alicyclic amines) is 1. The quantitative estimate of drug-likeness (QED) is 0.841. The summed E-state index contributed by atoms with van der Waals surface area (Å²) in [5.74, 6) is -0.361. The van der Waals surface area contributed by atoms with Crippen molar-refractivity contribution in [3.63, 3.8) is 0 Å². The lowest BCUT2D eigenvalue weighted by atomic mass is 9.96. The fraction of sp³-hybridized carbons (Fsp3) is 0.867. The summed E-state index contributed by atoms with van der Waals surface area (Å²) in [5.41, 5.74) is -0.477. The summed E-state index contributed by atoms with van der Waals surface area (Å²) >= 11 is 0. The molecule has 0 aliphatic carbocycles. The van der Waals surface area contributed by atoms with E-state index in [0.29, 0.717) is 19.0 Å². The zero-order chi connectivity index (χ0) is 16.0. The lowest BCUT2D eigenvalue weighted by Gasteiger charge is -2.34. The van der Waals surface area contributed by atoms with Gasteiger partial charge in [-0.1, -0.05) is 0 Å². The Morgan fingerprint density at radius 1 is 1.29 bits per heavy atom. The third-order valence-corrected chi connectivity index (χ3v) is 3.58. The van der Waals surface area contributed by atoms with Crippen molar-refractivity contribution >= 4 is 12.1 Å². The van der Waals surface area contributed by atoms with Crippen molar-refractivity contribution in [3.8, 4) is 0 Å². The second-order valence-electron chi connectivity index (χ2n) is 6.63. The van der Waals surface area contributed by atoms with E-state index in [1.807, 2.05) is 32.6 Å². The van der Waals surface area contributed by atoms with E-state index in [2.05, 4.69) is 0 Å². The van der Waals surface area contributed by atoms with Crippen molar-refractivity contribution in [1.29, 1.82) is 0 Å². The number of carboxylic acids is 1. The van der Waals surface area contributed by atoms with Crippen LogP contribution in [0, 0.1) is 5.92 Å². The minimum absolute atomic E-state index is 0.107. The first-order valence-corrected chi connectivity index (χ1v) is 7.63. The largest absolute Gasteiger partial charge is 0.480 e. The van der Waals surface area contributed by atoms with Gasteiger partial charge in [0.05, 0.1) is 6.54 Å². The van der Waals surface area contributed by atoms with Crippen LogP contribution >= 0.6 is 0 Å². The van der Waals surface area contributed by atoms with Crippen LogP contribution in [0.25, 0.3) is 0 Å². The van der Waals surface area contributed by atoms with E-state index in [1.54, 1.807) is 4.90 Å². The molecule has 1 saturated heterocycles. The van der Waals surface area contributed by atoms with Gasteiger partial charge in [0.15, 0.2) is 0 Å². The molecular formula is C15H28N2O4. The topological polar surface area (TPSA) is 70.1 Å². The molecule has 0 spiro atoms. The number of carbonyl (C=O) groups excluding carboxylic acids is 1. The average Bonchev–Trinajstić information content (AvgIpc) is 2.35. The molecule has 1 rings (SSSR count). The first-order chi connectivity index (χ1) is 9.71. The Morgan fingerprint density at radius 3 is 2.29 bits per heavy atom.